The van der Waals surface area contributed by atoms with E-state index in [4.69, 9.17) is 14.2 Å². The number of hydrogen-bond acceptors (Lipinski definition) is 6. The number of carbonyl (C=O) groups excluding carboxylic acids is 3. The van der Waals surface area contributed by atoms with Crippen molar-refractivity contribution in [3.05, 3.63) is 122 Å². The van der Waals surface area contributed by atoms with Gasteiger partial charge in [-0.25, -0.2) is 0 Å². The topological polar surface area (TPSA) is 78.9 Å². The Morgan fingerprint density at radius 2 is 0.513 bits per heavy atom. The summed E-state index contributed by atoms with van der Waals surface area (Å²) >= 11 is 0. The molecule has 0 aromatic rings. The van der Waals surface area contributed by atoms with E-state index in [-0.39, 0.29) is 31.1 Å². The lowest BCUT2D eigenvalue weighted by Crippen LogP contribution is -2.30. The van der Waals surface area contributed by atoms with Gasteiger partial charge in [-0.1, -0.05) is 271 Å². The van der Waals surface area contributed by atoms with Crippen LogP contribution in [0, 0.1) is 0 Å². The number of ether oxygens (including phenoxy) is 3. The highest BCUT2D eigenvalue weighted by atomic mass is 16.6. The quantitative estimate of drug-likeness (QED) is 0.0261. The molecule has 0 aliphatic heterocycles. The van der Waals surface area contributed by atoms with Crippen LogP contribution in [0.3, 0.4) is 0 Å². The van der Waals surface area contributed by atoms with Gasteiger partial charge in [0.25, 0.3) is 0 Å². The highest BCUT2D eigenvalue weighted by Crippen LogP contribution is 2.15. The predicted octanol–water partition coefficient (Wildman–Crippen LogP) is 21.6. The van der Waals surface area contributed by atoms with Gasteiger partial charge in [0.05, 0.1) is 0 Å². The van der Waals surface area contributed by atoms with E-state index >= 15 is 0 Å². The highest BCUT2D eigenvalue weighted by Gasteiger charge is 2.19. The molecule has 0 fully saturated rings. The first-order valence-corrected chi connectivity index (χ1v) is 31.5. The fourth-order valence-corrected chi connectivity index (χ4v) is 8.49. The van der Waals surface area contributed by atoms with Crippen LogP contribution in [-0.4, -0.2) is 37.2 Å². The molecule has 432 valence electrons. The lowest BCUT2D eigenvalue weighted by molar-refractivity contribution is -0.167. The zero-order chi connectivity index (χ0) is 55.0. The number of rotatable bonds is 56. The molecule has 0 radical (unpaired) electrons. The van der Waals surface area contributed by atoms with Crippen LogP contribution in [0.25, 0.3) is 0 Å². The van der Waals surface area contributed by atoms with Crippen molar-refractivity contribution in [1.29, 1.82) is 0 Å². The molecule has 0 amide bonds. The predicted molar refractivity (Wildman–Crippen MR) is 330 cm³/mol. The second-order valence-corrected chi connectivity index (χ2v) is 20.6. The van der Waals surface area contributed by atoms with Crippen LogP contribution in [0.15, 0.2) is 122 Å². The van der Waals surface area contributed by atoms with Gasteiger partial charge in [0, 0.05) is 19.3 Å². The molecule has 0 aromatic heterocycles. The third-order valence-electron chi connectivity index (χ3n) is 13.2. The maximum Gasteiger partial charge on any atom is 0.306 e. The summed E-state index contributed by atoms with van der Waals surface area (Å²) in [5, 5.41) is 0. The summed E-state index contributed by atoms with van der Waals surface area (Å²) in [6.45, 7) is 6.47. The van der Waals surface area contributed by atoms with Crippen LogP contribution in [-0.2, 0) is 28.6 Å². The fraction of sp³-hybridized carbons (Fsp3) is 0.671. The van der Waals surface area contributed by atoms with Crippen molar-refractivity contribution >= 4 is 17.9 Å². The summed E-state index contributed by atoms with van der Waals surface area (Å²) in [5.41, 5.74) is 0. The van der Waals surface area contributed by atoms with Crippen molar-refractivity contribution in [3.8, 4) is 0 Å². The zero-order valence-electron chi connectivity index (χ0n) is 49.5. The summed E-state index contributed by atoms with van der Waals surface area (Å²) in [5.74, 6) is -0.944. The van der Waals surface area contributed by atoms with Crippen molar-refractivity contribution in [2.24, 2.45) is 0 Å². The molecule has 0 aliphatic rings. The van der Waals surface area contributed by atoms with Gasteiger partial charge >= 0.3 is 17.9 Å². The van der Waals surface area contributed by atoms with Crippen molar-refractivity contribution in [2.75, 3.05) is 13.2 Å². The lowest BCUT2D eigenvalue weighted by atomic mass is 10.0. The van der Waals surface area contributed by atoms with Gasteiger partial charge in [0.1, 0.15) is 13.2 Å². The SMILES string of the molecule is CC/C=C\C/C=C\C/C=C\C/C=C\C/C=C\C/C=C\C/C=C\C/C=C\CCCCC(=O)OCC(COC(=O)CCCCCCCCCCCCCCCC)OC(=O)CCCCCCCCC/C=C\C/C=C\CCCCC. The van der Waals surface area contributed by atoms with Crippen LogP contribution in [0.2, 0.25) is 0 Å². The first kappa shape index (κ1) is 71.8. The highest BCUT2D eigenvalue weighted by molar-refractivity contribution is 5.71. The van der Waals surface area contributed by atoms with E-state index in [0.717, 1.165) is 116 Å². The Kier molecular flexibility index (Phi) is 59.9. The molecule has 76 heavy (non-hydrogen) atoms. The van der Waals surface area contributed by atoms with Crippen molar-refractivity contribution in [1.82, 2.24) is 0 Å². The first-order valence-electron chi connectivity index (χ1n) is 31.5. The zero-order valence-corrected chi connectivity index (χ0v) is 49.5. The number of esters is 3. The molecule has 0 heterocycles. The average molecular weight is 1050 g/mol. The molecule has 0 aromatic carbocycles. The van der Waals surface area contributed by atoms with E-state index in [0.29, 0.717) is 25.7 Å². The standard InChI is InChI=1S/C70H116O6/c1-4-7-10-13-16-19-22-25-28-30-31-32-33-34-35-36-37-38-39-41-42-45-48-51-54-57-60-63-69(72)75-66-67(65-74-68(71)62-59-56-53-50-47-44-27-24-21-18-15-12-9-6-3)76-70(73)64-61-58-55-52-49-46-43-40-29-26-23-20-17-14-11-8-5-2/h7,10,16-17,19-20,25-26,28-29,31-32,34-35,37-38,41-42,48,51,67H,4-6,8-9,11-15,18,21-24,27,30,33,36,39-40,43-47,49-50,52-66H2,1-3H3/b10-7-,19-16-,20-17-,28-25-,29-26-,32-31-,35-34-,38-37-,42-41-,51-48-. The van der Waals surface area contributed by atoms with Crippen LogP contribution in [0.4, 0.5) is 0 Å². The van der Waals surface area contributed by atoms with Crippen LogP contribution in [0.5, 0.6) is 0 Å². The van der Waals surface area contributed by atoms with Gasteiger partial charge < -0.3 is 14.2 Å². The number of allylic oxidation sites excluding steroid dienone is 20. The minimum Gasteiger partial charge on any atom is -0.462 e. The van der Waals surface area contributed by atoms with Crippen molar-refractivity contribution in [3.63, 3.8) is 0 Å². The molecule has 0 saturated carbocycles. The molecule has 0 saturated heterocycles. The molecule has 0 aliphatic carbocycles. The Labute approximate surface area is 469 Å². The molecular formula is C70H116O6. The maximum atomic E-state index is 12.9. The number of hydrogen-bond donors (Lipinski definition) is 0. The van der Waals surface area contributed by atoms with Crippen molar-refractivity contribution in [2.45, 2.75) is 290 Å². The first-order chi connectivity index (χ1) is 37.5. The average Bonchev–Trinajstić information content (AvgIpc) is 3.42. The number of carbonyl (C=O) groups is 3. The Bertz CT molecular complexity index is 1590. The third-order valence-corrected chi connectivity index (χ3v) is 13.2. The Hall–Kier alpha value is -4.19. The summed E-state index contributed by atoms with van der Waals surface area (Å²) < 4.78 is 16.9. The molecule has 0 bridgehead atoms. The summed E-state index contributed by atoms with van der Waals surface area (Å²) in [4.78, 5) is 38.3. The van der Waals surface area contributed by atoms with Gasteiger partial charge in [0.15, 0.2) is 6.10 Å². The molecule has 6 heteroatoms. The smallest absolute Gasteiger partial charge is 0.306 e. The van der Waals surface area contributed by atoms with Gasteiger partial charge in [-0.2, -0.15) is 0 Å². The van der Waals surface area contributed by atoms with Gasteiger partial charge in [0.2, 0.25) is 0 Å². The van der Waals surface area contributed by atoms with Gasteiger partial charge in [-0.05, 0) is 116 Å². The second-order valence-electron chi connectivity index (χ2n) is 20.6. The lowest BCUT2D eigenvalue weighted by Gasteiger charge is -2.18. The van der Waals surface area contributed by atoms with E-state index in [1.54, 1.807) is 0 Å². The van der Waals surface area contributed by atoms with Gasteiger partial charge in [-0.15, -0.1) is 0 Å². The molecule has 1 atom stereocenters. The normalized spacial score (nSPS) is 12.9. The Morgan fingerprint density at radius 3 is 0.855 bits per heavy atom. The summed E-state index contributed by atoms with van der Waals surface area (Å²) in [6, 6.07) is 0. The molecule has 6 nitrogen and oxygen atoms in total. The van der Waals surface area contributed by atoms with E-state index in [1.165, 1.54) is 122 Å². The minimum atomic E-state index is -0.803. The second kappa shape index (κ2) is 63.3. The van der Waals surface area contributed by atoms with Gasteiger partial charge in [-0.3, -0.25) is 14.4 Å². The molecule has 0 spiro atoms. The van der Waals surface area contributed by atoms with Crippen LogP contribution >= 0.6 is 0 Å². The maximum absolute atomic E-state index is 12.9. The fourth-order valence-electron chi connectivity index (χ4n) is 8.49. The Morgan fingerprint density at radius 1 is 0.276 bits per heavy atom. The largest absolute Gasteiger partial charge is 0.462 e. The van der Waals surface area contributed by atoms with E-state index < -0.39 is 6.10 Å². The molecule has 0 rings (SSSR count). The van der Waals surface area contributed by atoms with E-state index in [9.17, 15) is 14.4 Å². The van der Waals surface area contributed by atoms with Crippen molar-refractivity contribution < 1.29 is 28.6 Å². The van der Waals surface area contributed by atoms with E-state index in [1.807, 2.05) is 0 Å². The van der Waals surface area contributed by atoms with E-state index in [2.05, 4.69) is 142 Å². The molecule has 1 unspecified atom stereocenters. The summed E-state index contributed by atoms with van der Waals surface area (Å²) in [6.07, 6.45) is 87.7. The number of unbranched alkanes of at least 4 members (excludes halogenated alkanes) is 25. The minimum absolute atomic E-state index is 0.0952. The van der Waals surface area contributed by atoms with Crippen LogP contribution < -0.4 is 0 Å². The monoisotopic (exact) mass is 1050 g/mol. The molecule has 0 N–H and O–H groups in total. The van der Waals surface area contributed by atoms with Crippen LogP contribution in [0.1, 0.15) is 284 Å². The Balaban J connectivity index is 4.44. The summed E-state index contributed by atoms with van der Waals surface area (Å²) in [7, 11) is 0. The molecular weight excluding hydrogens is 937 g/mol. The third kappa shape index (κ3) is 60.7.